The number of nitrogens with one attached hydrogen (secondary N) is 2. The smallest absolute Gasteiger partial charge is 0.224 e. The summed E-state index contributed by atoms with van der Waals surface area (Å²) in [6, 6.07) is 13.5. The van der Waals surface area contributed by atoms with E-state index in [-0.39, 0.29) is 11.7 Å². The lowest BCUT2D eigenvalue weighted by atomic mass is 10.2. The summed E-state index contributed by atoms with van der Waals surface area (Å²) in [5.41, 5.74) is 2.45. The fourth-order valence-electron chi connectivity index (χ4n) is 1.59. The fourth-order valence-corrected chi connectivity index (χ4v) is 1.59. The molecular weight excluding hydrogens is 243 g/mol. The Kier molecular flexibility index (Phi) is 4.13. The third-order valence-corrected chi connectivity index (χ3v) is 2.62. The van der Waals surface area contributed by atoms with Gasteiger partial charge in [0.25, 0.3) is 0 Å². The summed E-state index contributed by atoms with van der Waals surface area (Å²) in [7, 11) is 0. The molecule has 0 fully saturated rings. The molecule has 19 heavy (non-hydrogen) atoms. The average Bonchev–Trinajstić information content (AvgIpc) is 2.43. The van der Waals surface area contributed by atoms with Crippen LogP contribution in [0.15, 0.2) is 48.5 Å². The van der Waals surface area contributed by atoms with Gasteiger partial charge in [-0.1, -0.05) is 6.92 Å². The molecule has 2 aromatic rings. The van der Waals surface area contributed by atoms with Crippen LogP contribution in [0.5, 0.6) is 0 Å². The maximum absolute atomic E-state index is 12.8. The van der Waals surface area contributed by atoms with Gasteiger partial charge in [-0.25, -0.2) is 4.39 Å². The number of benzene rings is 2. The van der Waals surface area contributed by atoms with Crippen LogP contribution >= 0.6 is 0 Å². The lowest BCUT2D eigenvalue weighted by Gasteiger charge is -2.08. The monoisotopic (exact) mass is 258 g/mol. The maximum atomic E-state index is 12.8. The number of hydrogen-bond donors (Lipinski definition) is 2. The predicted octanol–water partition coefficient (Wildman–Crippen LogP) is 3.92. The van der Waals surface area contributed by atoms with Gasteiger partial charge in [0, 0.05) is 23.5 Å². The van der Waals surface area contributed by atoms with E-state index in [0.717, 1.165) is 17.1 Å². The first-order valence-corrected chi connectivity index (χ1v) is 6.10. The Morgan fingerprint density at radius 1 is 0.947 bits per heavy atom. The molecule has 0 spiro atoms. The van der Waals surface area contributed by atoms with Gasteiger partial charge in [0.1, 0.15) is 5.82 Å². The Labute approximate surface area is 111 Å². The zero-order chi connectivity index (χ0) is 13.7. The molecule has 0 heterocycles. The highest BCUT2D eigenvalue weighted by Crippen LogP contribution is 2.19. The molecule has 0 saturated carbocycles. The van der Waals surface area contributed by atoms with Crippen molar-refractivity contribution >= 4 is 23.0 Å². The summed E-state index contributed by atoms with van der Waals surface area (Å²) in [6.07, 6.45) is 0.454. The minimum atomic E-state index is -0.261. The second-order valence-electron chi connectivity index (χ2n) is 4.11. The Balaban J connectivity index is 2.02. The number of halogens is 1. The Morgan fingerprint density at radius 2 is 1.42 bits per heavy atom. The van der Waals surface area contributed by atoms with E-state index in [1.165, 1.54) is 12.1 Å². The molecule has 0 aromatic heterocycles. The SMILES string of the molecule is CCC(=O)Nc1ccc(Nc2ccc(F)cc2)cc1. The van der Waals surface area contributed by atoms with E-state index in [2.05, 4.69) is 10.6 Å². The first-order valence-electron chi connectivity index (χ1n) is 6.10. The van der Waals surface area contributed by atoms with Crippen LogP contribution in [0.2, 0.25) is 0 Å². The van der Waals surface area contributed by atoms with Crippen molar-refractivity contribution in [2.24, 2.45) is 0 Å². The molecule has 0 unspecified atom stereocenters. The van der Waals surface area contributed by atoms with E-state index in [0.29, 0.717) is 6.42 Å². The highest BCUT2D eigenvalue weighted by atomic mass is 19.1. The zero-order valence-electron chi connectivity index (χ0n) is 10.6. The van der Waals surface area contributed by atoms with Crippen LogP contribution in [-0.4, -0.2) is 5.91 Å². The molecule has 0 saturated heterocycles. The van der Waals surface area contributed by atoms with Gasteiger partial charge in [-0.2, -0.15) is 0 Å². The molecule has 2 aromatic carbocycles. The molecule has 98 valence electrons. The number of rotatable bonds is 4. The van der Waals surface area contributed by atoms with Crippen LogP contribution in [-0.2, 0) is 4.79 Å². The zero-order valence-corrected chi connectivity index (χ0v) is 10.6. The second kappa shape index (κ2) is 6.00. The minimum Gasteiger partial charge on any atom is -0.356 e. The van der Waals surface area contributed by atoms with E-state index in [9.17, 15) is 9.18 Å². The van der Waals surface area contributed by atoms with E-state index in [1.54, 1.807) is 19.1 Å². The van der Waals surface area contributed by atoms with Crippen molar-refractivity contribution in [1.29, 1.82) is 0 Å². The van der Waals surface area contributed by atoms with E-state index < -0.39 is 0 Å². The summed E-state index contributed by atoms with van der Waals surface area (Å²) in [6.45, 7) is 1.81. The van der Waals surface area contributed by atoms with Gasteiger partial charge in [-0.05, 0) is 48.5 Å². The predicted molar refractivity (Wildman–Crippen MR) is 75.0 cm³/mol. The van der Waals surface area contributed by atoms with Gasteiger partial charge >= 0.3 is 0 Å². The van der Waals surface area contributed by atoms with E-state index in [4.69, 9.17) is 0 Å². The Bertz CT molecular complexity index is 549. The largest absolute Gasteiger partial charge is 0.356 e. The van der Waals surface area contributed by atoms with E-state index in [1.807, 2.05) is 24.3 Å². The van der Waals surface area contributed by atoms with Gasteiger partial charge in [0.15, 0.2) is 0 Å². The van der Waals surface area contributed by atoms with Crippen LogP contribution < -0.4 is 10.6 Å². The van der Waals surface area contributed by atoms with Crippen molar-refractivity contribution in [3.8, 4) is 0 Å². The fraction of sp³-hybridized carbons (Fsp3) is 0.133. The van der Waals surface area contributed by atoms with Crippen molar-refractivity contribution in [2.75, 3.05) is 10.6 Å². The van der Waals surface area contributed by atoms with Crippen LogP contribution in [0.25, 0.3) is 0 Å². The lowest BCUT2D eigenvalue weighted by molar-refractivity contribution is -0.115. The molecule has 0 aliphatic carbocycles. The molecule has 1 amide bonds. The number of amides is 1. The Hall–Kier alpha value is -2.36. The van der Waals surface area contributed by atoms with Crippen molar-refractivity contribution in [2.45, 2.75) is 13.3 Å². The number of anilines is 3. The van der Waals surface area contributed by atoms with Gasteiger partial charge in [-0.3, -0.25) is 4.79 Å². The minimum absolute atomic E-state index is 0.0146. The van der Waals surface area contributed by atoms with Gasteiger partial charge in [0.2, 0.25) is 5.91 Å². The molecule has 0 aliphatic heterocycles. The molecule has 0 bridgehead atoms. The summed E-state index contributed by atoms with van der Waals surface area (Å²) in [5.74, 6) is -0.276. The number of carbonyl (C=O) groups excluding carboxylic acids is 1. The summed E-state index contributed by atoms with van der Waals surface area (Å²) in [5, 5.41) is 5.92. The van der Waals surface area contributed by atoms with Crippen LogP contribution in [0.4, 0.5) is 21.5 Å². The van der Waals surface area contributed by atoms with Crippen molar-refractivity contribution < 1.29 is 9.18 Å². The molecule has 0 atom stereocenters. The topological polar surface area (TPSA) is 41.1 Å². The lowest BCUT2D eigenvalue weighted by Crippen LogP contribution is -2.09. The van der Waals surface area contributed by atoms with Crippen molar-refractivity contribution in [3.63, 3.8) is 0 Å². The second-order valence-corrected chi connectivity index (χ2v) is 4.11. The van der Waals surface area contributed by atoms with Gasteiger partial charge in [0.05, 0.1) is 0 Å². The maximum Gasteiger partial charge on any atom is 0.224 e. The standard InChI is InChI=1S/C15H15FN2O/c1-2-15(19)18-14-9-7-13(8-10-14)17-12-5-3-11(16)4-6-12/h3-10,17H,2H2,1H3,(H,18,19). The van der Waals surface area contributed by atoms with E-state index >= 15 is 0 Å². The first-order chi connectivity index (χ1) is 9.17. The molecule has 2 rings (SSSR count). The third kappa shape index (κ3) is 3.81. The summed E-state index contributed by atoms with van der Waals surface area (Å²) in [4.78, 5) is 11.2. The number of hydrogen-bond acceptors (Lipinski definition) is 2. The normalized spacial score (nSPS) is 10.0. The molecule has 4 heteroatoms. The highest BCUT2D eigenvalue weighted by molar-refractivity contribution is 5.90. The molecule has 2 N–H and O–H groups in total. The van der Waals surface area contributed by atoms with Gasteiger partial charge in [-0.15, -0.1) is 0 Å². The van der Waals surface area contributed by atoms with Crippen molar-refractivity contribution in [1.82, 2.24) is 0 Å². The molecule has 3 nitrogen and oxygen atoms in total. The third-order valence-electron chi connectivity index (χ3n) is 2.62. The quantitative estimate of drug-likeness (QED) is 0.872. The highest BCUT2D eigenvalue weighted by Gasteiger charge is 1.99. The van der Waals surface area contributed by atoms with Gasteiger partial charge < -0.3 is 10.6 Å². The van der Waals surface area contributed by atoms with Crippen LogP contribution in [0.1, 0.15) is 13.3 Å². The first kappa shape index (κ1) is 13.1. The van der Waals surface area contributed by atoms with Crippen LogP contribution in [0, 0.1) is 5.82 Å². The summed E-state index contributed by atoms with van der Waals surface area (Å²) < 4.78 is 12.8. The Morgan fingerprint density at radius 3 is 1.95 bits per heavy atom. The van der Waals surface area contributed by atoms with Crippen LogP contribution in [0.3, 0.4) is 0 Å². The summed E-state index contributed by atoms with van der Waals surface area (Å²) >= 11 is 0. The molecule has 0 radical (unpaired) electrons. The number of carbonyl (C=O) groups is 1. The average molecular weight is 258 g/mol. The molecule has 0 aliphatic rings. The molecular formula is C15H15FN2O. The van der Waals surface area contributed by atoms with Crippen molar-refractivity contribution in [3.05, 3.63) is 54.3 Å².